The summed E-state index contributed by atoms with van der Waals surface area (Å²) in [6.45, 7) is -0.642. The Morgan fingerprint density at radius 2 is 2.00 bits per heavy atom. The third-order valence-corrected chi connectivity index (χ3v) is 3.72. The van der Waals surface area contributed by atoms with Crippen LogP contribution in [0.25, 0.3) is 6.08 Å². The van der Waals surface area contributed by atoms with Gasteiger partial charge in [0.15, 0.2) is 6.61 Å². The Kier molecular flexibility index (Phi) is 5.18. The van der Waals surface area contributed by atoms with Gasteiger partial charge in [0.25, 0.3) is 5.91 Å². The Hall–Kier alpha value is -2.93. The molecule has 0 unspecified atom stereocenters. The number of hydrogen-bond acceptors (Lipinski definition) is 4. The van der Waals surface area contributed by atoms with Crippen LogP contribution in [0.15, 0.2) is 42.0 Å². The predicted octanol–water partition coefficient (Wildman–Crippen LogP) is 3.58. The molecule has 0 saturated carbocycles. The average Bonchev–Trinajstić information content (AvgIpc) is 2.61. The molecule has 26 heavy (non-hydrogen) atoms. The van der Waals surface area contributed by atoms with Crippen molar-refractivity contribution >= 4 is 35.2 Å². The molecule has 8 heteroatoms. The number of halogens is 3. The number of anilines is 1. The Bertz CT molecular complexity index is 914. The summed E-state index contributed by atoms with van der Waals surface area (Å²) in [7, 11) is 0. The van der Waals surface area contributed by atoms with Gasteiger partial charge >= 0.3 is 5.97 Å². The van der Waals surface area contributed by atoms with Crippen LogP contribution in [0.2, 0.25) is 5.02 Å². The minimum Gasteiger partial charge on any atom is -0.488 e. The summed E-state index contributed by atoms with van der Waals surface area (Å²) in [4.78, 5) is 23.8. The molecule has 1 amide bonds. The first-order valence-electron chi connectivity index (χ1n) is 7.47. The van der Waals surface area contributed by atoms with Gasteiger partial charge in [-0.1, -0.05) is 11.6 Å². The van der Waals surface area contributed by atoms with Gasteiger partial charge in [0, 0.05) is 16.7 Å². The third kappa shape index (κ3) is 4.18. The molecule has 5 nitrogen and oxygen atoms in total. The molecule has 0 atom stereocenters. The molecule has 0 aliphatic carbocycles. The summed E-state index contributed by atoms with van der Waals surface area (Å²) in [5.74, 6) is -2.62. The highest BCUT2D eigenvalue weighted by Crippen LogP contribution is 2.29. The van der Waals surface area contributed by atoms with Gasteiger partial charge in [0.1, 0.15) is 24.0 Å². The number of nitrogens with one attached hydrogen (secondary N) is 1. The summed E-state index contributed by atoms with van der Waals surface area (Å²) in [5.41, 5.74) is 0.616. The normalized spacial score (nSPS) is 12.5. The number of rotatable bonds is 4. The van der Waals surface area contributed by atoms with E-state index in [-0.39, 0.29) is 17.9 Å². The summed E-state index contributed by atoms with van der Waals surface area (Å²) >= 11 is 5.90. The number of ether oxygens (including phenoxy) is 2. The quantitative estimate of drug-likeness (QED) is 0.825. The molecular formula is C18H12ClF2NO4. The Balaban J connectivity index is 1.59. The second-order valence-corrected chi connectivity index (χ2v) is 5.83. The molecular weight excluding hydrogens is 368 g/mol. The van der Waals surface area contributed by atoms with Crippen LogP contribution in [-0.2, 0) is 14.3 Å². The number of benzene rings is 2. The first-order valence-corrected chi connectivity index (χ1v) is 7.85. The van der Waals surface area contributed by atoms with Crippen molar-refractivity contribution in [3.05, 3.63) is 64.2 Å². The highest BCUT2D eigenvalue weighted by Gasteiger charge is 2.20. The maximum Gasteiger partial charge on any atom is 0.338 e. The van der Waals surface area contributed by atoms with Crippen LogP contribution in [-0.4, -0.2) is 25.1 Å². The van der Waals surface area contributed by atoms with Crippen LogP contribution < -0.4 is 10.1 Å². The molecule has 0 aromatic heterocycles. The van der Waals surface area contributed by atoms with Gasteiger partial charge in [0.05, 0.1) is 11.3 Å². The van der Waals surface area contributed by atoms with Gasteiger partial charge in [-0.2, -0.15) is 0 Å². The van der Waals surface area contributed by atoms with Crippen molar-refractivity contribution in [1.82, 2.24) is 0 Å². The van der Waals surface area contributed by atoms with Gasteiger partial charge in [-0.05, 0) is 36.4 Å². The zero-order valence-electron chi connectivity index (χ0n) is 13.2. The van der Waals surface area contributed by atoms with E-state index in [2.05, 4.69) is 5.32 Å². The maximum absolute atomic E-state index is 13.5. The molecule has 2 aromatic carbocycles. The van der Waals surface area contributed by atoms with Crippen molar-refractivity contribution in [2.75, 3.05) is 18.5 Å². The minimum absolute atomic E-state index is 0.0122. The van der Waals surface area contributed by atoms with Gasteiger partial charge in [-0.15, -0.1) is 0 Å². The fraction of sp³-hybridized carbons (Fsp3) is 0.111. The molecule has 0 spiro atoms. The molecule has 1 aliphatic rings. The van der Waals surface area contributed by atoms with Crippen molar-refractivity contribution in [3.8, 4) is 5.75 Å². The molecule has 2 aromatic rings. The van der Waals surface area contributed by atoms with E-state index in [0.29, 0.717) is 22.4 Å². The van der Waals surface area contributed by atoms with Crippen LogP contribution in [0.3, 0.4) is 0 Å². The fourth-order valence-corrected chi connectivity index (χ4v) is 2.45. The molecule has 0 bridgehead atoms. The Morgan fingerprint density at radius 3 is 2.77 bits per heavy atom. The maximum atomic E-state index is 13.5. The van der Waals surface area contributed by atoms with Crippen LogP contribution in [0.4, 0.5) is 14.5 Å². The molecule has 0 fully saturated rings. The zero-order chi connectivity index (χ0) is 18.7. The van der Waals surface area contributed by atoms with Crippen LogP contribution in [0.5, 0.6) is 5.75 Å². The second kappa shape index (κ2) is 7.53. The number of fused-ring (bicyclic) bond motifs is 1. The highest BCUT2D eigenvalue weighted by molar-refractivity contribution is 6.30. The van der Waals surface area contributed by atoms with E-state index in [9.17, 15) is 18.4 Å². The number of amides is 1. The Labute approximate surface area is 152 Å². The Morgan fingerprint density at radius 1 is 1.19 bits per heavy atom. The number of carbonyl (C=O) groups is 2. The summed E-state index contributed by atoms with van der Waals surface area (Å²) in [5, 5.41) is 2.68. The van der Waals surface area contributed by atoms with Crippen LogP contribution in [0, 0.1) is 11.6 Å². The van der Waals surface area contributed by atoms with E-state index in [1.165, 1.54) is 0 Å². The molecule has 1 aliphatic heterocycles. The van der Waals surface area contributed by atoms with Crippen LogP contribution >= 0.6 is 11.6 Å². The highest BCUT2D eigenvalue weighted by atomic mass is 35.5. The van der Waals surface area contributed by atoms with Gasteiger partial charge < -0.3 is 14.8 Å². The van der Waals surface area contributed by atoms with Gasteiger partial charge in [-0.3, -0.25) is 4.79 Å². The fourth-order valence-electron chi connectivity index (χ4n) is 2.27. The van der Waals surface area contributed by atoms with E-state index >= 15 is 0 Å². The topological polar surface area (TPSA) is 64.6 Å². The molecule has 1 N–H and O–H groups in total. The monoisotopic (exact) mass is 379 g/mol. The molecule has 0 radical (unpaired) electrons. The van der Waals surface area contributed by atoms with Crippen molar-refractivity contribution in [2.24, 2.45) is 0 Å². The zero-order valence-corrected chi connectivity index (χ0v) is 14.0. The van der Waals surface area contributed by atoms with Crippen LogP contribution in [0.1, 0.15) is 5.56 Å². The molecule has 1 heterocycles. The van der Waals surface area contributed by atoms with Gasteiger partial charge in [0.2, 0.25) is 0 Å². The first kappa shape index (κ1) is 17.9. The number of carbonyl (C=O) groups excluding carboxylic acids is 2. The van der Waals surface area contributed by atoms with E-state index < -0.39 is 30.1 Å². The van der Waals surface area contributed by atoms with Gasteiger partial charge in [-0.25, -0.2) is 13.6 Å². The minimum atomic E-state index is -0.929. The molecule has 0 saturated heterocycles. The number of esters is 1. The first-order chi connectivity index (χ1) is 12.4. The third-order valence-electron chi connectivity index (χ3n) is 3.49. The molecule has 134 valence electrons. The second-order valence-electron chi connectivity index (χ2n) is 5.39. The summed E-state index contributed by atoms with van der Waals surface area (Å²) in [6.07, 6.45) is 1.56. The van der Waals surface area contributed by atoms with Crippen molar-refractivity contribution in [2.45, 2.75) is 0 Å². The number of hydrogen-bond donors (Lipinski definition) is 1. The summed E-state index contributed by atoms with van der Waals surface area (Å²) in [6, 6.07) is 7.68. The standard InChI is InChI=1S/C18H12ClF2NO4/c19-12-1-4-16-10(6-12)5-11(8-25-16)18(24)26-9-17(23)22-15-3-2-13(20)7-14(15)21/h1-7H,8-9H2,(H,22,23). The van der Waals surface area contributed by atoms with E-state index in [1.54, 1.807) is 24.3 Å². The van der Waals surface area contributed by atoms with E-state index in [4.69, 9.17) is 21.1 Å². The average molecular weight is 380 g/mol. The smallest absolute Gasteiger partial charge is 0.338 e. The SMILES string of the molecule is O=C(COC(=O)C1=Cc2cc(Cl)ccc2OC1)Nc1ccc(F)cc1F. The van der Waals surface area contributed by atoms with E-state index in [0.717, 1.165) is 12.1 Å². The lowest BCUT2D eigenvalue weighted by Crippen LogP contribution is -2.24. The lowest BCUT2D eigenvalue weighted by Gasteiger charge is -2.17. The molecule has 3 rings (SSSR count). The predicted molar refractivity (Wildman–Crippen MR) is 90.9 cm³/mol. The lowest BCUT2D eigenvalue weighted by molar-refractivity contribution is -0.143. The summed E-state index contributed by atoms with van der Waals surface area (Å²) < 4.78 is 36.6. The lowest BCUT2D eigenvalue weighted by atomic mass is 10.1. The van der Waals surface area contributed by atoms with E-state index in [1.807, 2.05) is 0 Å². The van der Waals surface area contributed by atoms with Crippen molar-refractivity contribution < 1.29 is 27.8 Å². The largest absolute Gasteiger partial charge is 0.488 e. The van der Waals surface area contributed by atoms with Crippen molar-refractivity contribution in [1.29, 1.82) is 0 Å². The van der Waals surface area contributed by atoms with Crippen molar-refractivity contribution in [3.63, 3.8) is 0 Å².